The van der Waals surface area contributed by atoms with Crippen molar-refractivity contribution in [1.82, 2.24) is 16.0 Å². The van der Waals surface area contributed by atoms with Gasteiger partial charge in [-0.1, -0.05) is 0 Å². The van der Waals surface area contributed by atoms with E-state index in [0.29, 0.717) is 19.0 Å². The molecule has 2 aliphatic heterocycles. The molecule has 16 heavy (non-hydrogen) atoms. The molecule has 5 nitrogen and oxygen atoms in total. The minimum Gasteiger partial charge on any atom is -0.354 e. The fourth-order valence-electron chi connectivity index (χ4n) is 2.35. The quantitative estimate of drug-likeness (QED) is 0.594. The van der Waals surface area contributed by atoms with Crippen LogP contribution in [0.3, 0.4) is 0 Å². The van der Waals surface area contributed by atoms with Crippen molar-refractivity contribution in [2.24, 2.45) is 0 Å². The van der Waals surface area contributed by atoms with E-state index < -0.39 is 0 Å². The maximum Gasteiger partial charge on any atom is 0.237 e. The molecule has 3 atom stereocenters. The normalized spacial score (nSPS) is 34.6. The Morgan fingerprint density at radius 2 is 2.25 bits per heavy atom. The molecule has 3 unspecified atom stereocenters. The van der Waals surface area contributed by atoms with Gasteiger partial charge in [-0.3, -0.25) is 9.59 Å². The number of carbonyl (C=O) groups is 2. The van der Waals surface area contributed by atoms with Gasteiger partial charge in [0.25, 0.3) is 0 Å². The summed E-state index contributed by atoms with van der Waals surface area (Å²) in [5.74, 6) is 0.0586. The second-order valence-corrected chi connectivity index (χ2v) is 4.76. The standard InChI is InChI=1S/C11H19N3O2/c1-7-3-2-4-9(13-7)11(16)14-8-5-10(15)12-6-8/h7-9,13H,2-6H2,1H3,(H,12,15)(H,14,16). The molecule has 2 aliphatic rings. The lowest BCUT2D eigenvalue weighted by Crippen LogP contribution is -2.52. The molecule has 3 N–H and O–H groups in total. The first kappa shape index (κ1) is 11.4. The minimum absolute atomic E-state index is 0.0234. The van der Waals surface area contributed by atoms with Gasteiger partial charge in [0.1, 0.15) is 0 Å². The summed E-state index contributed by atoms with van der Waals surface area (Å²) in [6.07, 6.45) is 3.53. The summed E-state index contributed by atoms with van der Waals surface area (Å²) in [5, 5.41) is 8.91. The number of nitrogens with one attached hydrogen (secondary N) is 3. The van der Waals surface area contributed by atoms with E-state index in [4.69, 9.17) is 0 Å². The summed E-state index contributed by atoms with van der Waals surface area (Å²) in [6.45, 7) is 2.66. The van der Waals surface area contributed by atoms with Crippen molar-refractivity contribution in [3.63, 3.8) is 0 Å². The molecule has 0 spiro atoms. The van der Waals surface area contributed by atoms with Gasteiger partial charge in [-0.05, 0) is 26.2 Å². The maximum atomic E-state index is 11.9. The molecule has 0 aliphatic carbocycles. The van der Waals surface area contributed by atoms with Crippen molar-refractivity contribution in [2.75, 3.05) is 6.54 Å². The molecule has 5 heteroatoms. The molecular weight excluding hydrogens is 206 g/mol. The third-order valence-electron chi connectivity index (χ3n) is 3.26. The monoisotopic (exact) mass is 225 g/mol. The third-order valence-corrected chi connectivity index (χ3v) is 3.26. The predicted octanol–water partition coefficient (Wildman–Crippen LogP) is -0.478. The highest BCUT2D eigenvalue weighted by molar-refractivity contribution is 5.84. The molecule has 0 radical (unpaired) electrons. The molecule has 2 rings (SSSR count). The molecule has 0 saturated carbocycles. The summed E-state index contributed by atoms with van der Waals surface area (Å²) in [5.41, 5.74) is 0. The molecule has 2 fully saturated rings. The largest absolute Gasteiger partial charge is 0.354 e. The topological polar surface area (TPSA) is 70.2 Å². The van der Waals surface area contributed by atoms with Crippen LogP contribution >= 0.6 is 0 Å². The maximum absolute atomic E-state index is 11.9. The molecule has 2 heterocycles. The second-order valence-electron chi connectivity index (χ2n) is 4.76. The van der Waals surface area contributed by atoms with Crippen LogP contribution in [-0.4, -0.2) is 36.5 Å². The van der Waals surface area contributed by atoms with E-state index in [1.807, 2.05) is 0 Å². The number of piperidine rings is 1. The van der Waals surface area contributed by atoms with Crippen molar-refractivity contribution in [3.8, 4) is 0 Å². The Kier molecular flexibility index (Phi) is 3.43. The molecular formula is C11H19N3O2. The first-order valence-corrected chi connectivity index (χ1v) is 5.98. The van der Waals surface area contributed by atoms with Gasteiger partial charge in [0, 0.05) is 19.0 Å². The zero-order valence-electron chi connectivity index (χ0n) is 9.58. The van der Waals surface area contributed by atoms with Crippen molar-refractivity contribution in [2.45, 2.75) is 50.7 Å². The number of carbonyl (C=O) groups excluding carboxylic acids is 2. The van der Waals surface area contributed by atoms with E-state index >= 15 is 0 Å². The van der Waals surface area contributed by atoms with Crippen LogP contribution in [0, 0.1) is 0 Å². The van der Waals surface area contributed by atoms with E-state index in [1.54, 1.807) is 0 Å². The molecule has 0 aromatic carbocycles. The average Bonchev–Trinajstić information content (AvgIpc) is 2.64. The fraction of sp³-hybridized carbons (Fsp3) is 0.818. The van der Waals surface area contributed by atoms with Crippen molar-refractivity contribution >= 4 is 11.8 Å². The van der Waals surface area contributed by atoms with Gasteiger partial charge in [-0.2, -0.15) is 0 Å². The number of hydrogen-bond donors (Lipinski definition) is 3. The number of amides is 2. The molecule has 2 saturated heterocycles. The lowest BCUT2D eigenvalue weighted by atomic mass is 9.99. The Balaban J connectivity index is 1.80. The van der Waals surface area contributed by atoms with Crippen LogP contribution in [0.2, 0.25) is 0 Å². The number of rotatable bonds is 2. The second kappa shape index (κ2) is 4.82. The van der Waals surface area contributed by atoms with Crippen LogP contribution in [0.1, 0.15) is 32.6 Å². The first-order chi connectivity index (χ1) is 7.65. The molecule has 0 aromatic rings. The van der Waals surface area contributed by atoms with E-state index in [-0.39, 0.29) is 23.9 Å². The van der Waals surface area contributed by atoms with E-state index in [0.717, 1.165) is 19.3 Å². The van der Waals surface area contributed by atoms with E-state index in [1.165, 1.54) is 0 Å². The highest BCUT2D eigenvalue weighted by Gasteiger charge is 2.28. The SMILES string of the molecule is CC1CCCC(C(=O)NC2CNC(=O)C2)N1. The lowest BCUT2D eigenvalue weighted by Gasteiger charge is -2.28. The van der Waals surface area contributed by atoms with E-state index in [2.05, 4.69) is 22.9 Å². The van der Waals surface area contributed by atoms with Crippen LogP contribution in [0.15, 0.2) is 0 Å². The molecule has 0 bridgehead atoms. The highest BCUT2D eigenvalue weighted by atomic mass is 16.2. The van der Waals surface area contributed by atoms with Crippen molar-refractivity contribution in [1.29, 1.82) is 0 Å². The summed E-state index contributed by atoms with van der Waals surface area (Å²) < 4.78 is 0. The van der Waals surface area contributed by atoms with Crippen LogP contribution < -0.4 is 16.0 Å². The molecule has 90 valence electrons. The molecule has 0 aromatic heterocycles. The predicted molar refractivity (Wildman–Crippen MR) is 59.8 cm³/mol. The van der Waals surface area contributed by atoms with Gasteiger partial charge in [0.15, 0.2) is 0 Å². The first-order valence-electron chi connectivity index (χ1n) is 5.98. The minimum atomic E-state index is -0.0838. The summed E-state index contributed by atoms with van der Waals surface area (Å²) >= 11 is 0. The number of hydrogen-bond acceptors (Lipinski definition) is 3. The van der Waals surface area contributed by atoms with Gasteiger partial charge >= 0.3 is 0 Å². The third kappa shape index (κ3) is 2.72. The van der Waals surface area contributed by atoms with E-state index in [9.17, 15) is 9.59 Å². The summed E-state index contributed by atoms with van der Waals surface area (Å²) in [4.78, 5) is 22.9. The van der Waals surface area contributed by atoms with Gasteiger partial charge in [-0.15, -0.1) is 0 Å². The van der Waals surface area contributed by atoms with Gasteiger partial charge in [-0.25, -0.2) is 0 Å². The Bertz CT molecular complexity index is 293. The highest BCUT2D eigenvalue weighted by Crippen LogP contribution is 2.12. The van der Waals surface area contributed by atoms with Crippen molar-refractivity contribution < 1.29 is 9.59 Å². The lowest BCUT2D eigenvalue weighted by molar-refractivity contribution is -0.124. The zero-order chi connectivity index (χ0) is 11.5. The summed E-state index contributed by atoms with van der Waals surface area (Å²) in [7, 11) is 0. The Morgan fingerprint density at radius 3 is 2.88 bits per heavy atom. The Labute approximate surface area is 95.3 Å². The van der Waals surface area contributed by atoms with Crippen molar-refractivity contribution in [3.05, 3.63) is 0 Å². The Morgan fingerprint density at radius 1 is 1.44 bits per heavy atom. The van der Waals surface area contributed by atoms with Crippen LogP contribution in [0.4, 0.5) is 0 Å². The van der Waals surface area contributed by atoms with Crippen LogP contribution in [-0.2, 0) is 9.59 Å². The smallest absolute Gasteiger partial charge is 0.237 e. The van der Waals surface area contributed by atoms with Gasteiger partial charge in [0.2, 0.25) is 11.8 Å². The van der Waals surface area contributed by atoms with Gasteiger partial charge < -0.3 is 16.0 Å². The summed E-state index contributed by atoms with van der Waals surface area (Å²) in [6, 6.07) is 0.298. The van der Waals surface area contributed by atoms with Crippen LogP contribution in [0.25, 0.3) is 0 Å². The Hall–Kier alpha value is -1.10. The van der Waals surface area contributed by atoms with Gasteiger partial charge in [0.05, 0.1) is 12.1 Å². The zero-order valence-corrected chi connectivity index (χ0v) is 9.58. The molecule has 2 amide bonds. The van der Waals surface area contributed by atoms with Crippen LogP contribution in [0.5, 0.6) is 0 Å². The fourth-order valence-corrected chi connectivity index (χ4v) is 2.35. The average molecular weight is 225 g/mol.